The summed E-state index contributed by atoms with van der Waals surface area (Å²) in [7, 11) is 0. The molecule has 40 heavy (non-hydrogen) atoms. The van der Waals surface area contributed by atoms with E-state index in [4.69, 9.17) is 5.73 Å². The number of carbonyl (C=O) groups is 1. The van der Waals surface area contributed by atoms with Gasteiger partial charge in [0.15, 0.2) is 0 Å². The Labute approximate surface area is 232 Å². The highest BCUT2D eigenvalue weighted by Gasteiger charge is 2.61. The van der Waals surface area contributed by atoms with Crippen molar-refractivity contribution in [2.75, 3.05) is 38.5 Å². The van der Waals surface area contributed by atoms with E-state index in [1.165, 1.54) is 10.5 Å². The molecule has 1 aromatic heterocycles. The van der Waals surface area contributed by atoms with E-state index in [0.717, 1.165) is 56.3 Å². The van der Waals surface area contributed by atoms with Crippen LogP contribution in [0.1, 0.15) is 60.9 Å². The highest BCUT2D eigenvalue weighted by Crippen LogP contribution is 2.59. The normalized spacial score (nSPS) is 29.8. The number of likely N-dealkylation sites (tertiary alicyclic amines) is 2. The second-order valence-corrected chi connectivity index (χ2v) is 12.3. The van der Waals surface area contributed by atoms with E-state index in [0.29, 0.717) is 43.5 Å². The van der Waals surface area contributed by atoms with Crippen LogP contribution in [0.4, 0.5) is 19.0 Å². The van der Waals surface area contributed by atoms with Gasteiger partial charge in [-0.05, 0) is 81.1 Å². The Morgan fingerprint density at radius 1 is 1.07 bits per heavy atom. The van der Waals surface area contributed by atoms with Crippen molar-refractivity contribution < 1.29 is 23.1 Å². The van der Waals surface area contributed by atoms with Gasteiger partial charge in [0, 0.05) is 42.3 Å². The van der Waals surface area contributed by atoms with Crippen LogP contribution in [-0.4, -0.2) is 82.9 Å². The first-order valence-corrected chi connectivity index (χ1v) is 14.5. The second-order valence-electron chi connectivity index (χ2n) is 12.3. The zero-order chi connectivity index (χ0) is 28.1. The number of nitrogens with zero attached hydrogens (tertiary/aromatic N) is 3. The van der Waals surface area contributed by atoms with Gasteiger partial charge in [-0.25, -0.2) is 4.98 Å². The predicted molar refractivity (Wildman–Crippen MR) is 147 cm³/mol. The number of nitrogens with two attached hydrogens (primary N) is 1. The van der Waals surface area contributed by atoms with Gasteiger partial charge >= 0.3 is 6.18 Å². The van der Waals surface area contributed by atoms with Crippen LogP contribution in [0, 0.1) is 5.92 Å². The lowest BCUT2D eigenvalue weighted by Crippen LogP contribution is -2.47. The Kier molecular flexibility index (Phi) is 7.29. The number of halogens is 3. The average Bonchev–Trinajstić information content (AvgIpc) is 3.50. The van der Waals surface area contributed by atoms with Crippen molar-refractivity contribution in [2.24, 2.45) is 5.92 Å². The van der Waals surface area contributed by atoms with Gasteiger partial charge in [0.05, 0.1) is 18.2 Å². The first-order valence-electron chi connectivity index (χ1n) is 14.5. The molecule has 2 aromatic rings. The Morgan fingerprint density at radius 3 is 2.45 bits per heavy atom. The fourth-order valence-electron chi connectivity index (χ4n) is 7.24. The van der Waals surface area contributed by atoms with Crippen molar-refractivity contribution >= 4 is 11.7 Å². The van der Waals surface area contributed by atoms with E-state index in [9.17, 15) is 23.1 Å². The monoisotopic (exact) mass is 557 g/mol. The van der Waals surface area contributed by atoms with E-state index < -0.39 is 12.7 Å². The van der Waals surface area contributed by atoms with Crippen molar-refractivity contribution in [3.05, 3.63) is 47.7 Å². The number of pyridine rings is 1. The lowest BCUT2D eigenvalue weighted by Gasteiger charge is -2.38. The van der Waals surface area contributed by atoms with Crippen LogP contribution in [-0.2, 0) is 5.41 Å². The number of aliphatic hydroxyl groups is 1. The number of carbonyl (C=O) groups excluding carboxylic acids is 1. The molecule has 2 saturated carbocycles. The molecular weight excluding hydrogens is 519 g/mol. The molecule has 7 nitrogen and oxygen atoms in total. The molecule has 4 fully saturated rings. The van der Waals surface area contributed by atoms with Gasteiger partial charge in [-0.2, -0.15) is 13.2 Å². The molecule has 2 unspecified atom stereocenters. The predicted octanol–water partition coefficient (Wildman–Crippen LogP) is 3.96. The van der Waals surface area contributed by atoms with Gasteiger partial charge in [0.25, 0.3) is 5.91 Å². The second kappa shape index (κ2) is 10.6. The van der Waals surface area contributed by atoms with Crippen LogP contribution >= 0.6 is 0 Å². The number of nitrogens with one attached hydrogen (secondary N) is 1. The largest absolute Gasteiger partial charge is 0.401 e. The highest BCUT2D eigenvalue weighted by molar-refractivity contribution is 5.99. The molecule has 0 radical (unpaired) electrons. The van der Waals surface area contributed by atoms with Gasteiger partial charge in [0.2, 0.25) is 0 Å². The molecule has 6 rings (SSSR count). The maximum absolute atomic E-state index is 13.0. The number of hydrogen-bond donors (Lipinski definition) is 3. The van der Waals surface area contributed by atoms with Crippen molar-refractivity contribution in [1.29, 1.82) is 0 Å². The van der Waals surface area contributed by atoms with Gasteiger partial charge in [-0.3, -0.25) is 14.6 Å². The minimum absolute atomic E-state index is 0.0300. The molecule has 0 bridgehead atoms. The summed E-state index contributed by atoms with van der Waals surface area (Å²) < 4.78 is 38.3. The molecule has 10 heteroatoms. The number of anilines is 1. The standard InChI is InChI=1S/C30H38F3N5O2/c31-30(32,33)18-37-11-9-24(10-12-37)38-16-22-14-29(22,17-38)21-3-1-19(2-4-21)20-13-26(27(34)35-15-20)28(40)36-23-5-7-25(39)8-6-23/h1-4,13,15,22-25,39H,5-12,14,16-18H2,(H2,34,35)(H,36,40). The summed E-state index contributed by atoms with van der Waals surface area (Å²) in [5.74, 6) is 0.560. The number of benzene rings is 1. The Balaban J connectivity index is 1.08. The molecule has 1 amide bonds. The quantitative estimate of drug-likeness (QED) is 0.498. The summed E-state index contributed by atoms with van der Waals surface area (Å²) in [6.45, 7) is 2.19. The smallest absolute Gasteiger partial charge is 0.393 e. The molecule has 4 N–H and O–H groups in total. The topological polar surface area (TPSA) is 94.7 Å². The van der Waals surface area contributed by atoms with Crippen molar-refractivity contribution in [3.63, 3.8) is 0 Å². The summed E-state index contributed by atoms with van der Waals surface area (Å²) >= 11 is 0. The lowest BCUT2D eigenvalue weighted by molar-refractivity contribution is -0.149. The third-order valence-electron chi connectivity index (χ3n) is 9.64. The molecule has 2 aliphatic heterocycles. The number of nitrogen functional groups attached to an aromatic ring is 1. The van der Waals surface area contributed by atoms with E-state index in [-0.39, 0.29) is 29.3 Å². The third kappa shape index (κ3) is 5.71. The number of hydrogen-bond acceptors (Lipinski definition) is 6. The summed E-state index contributed by atoms with van der Waals surface area (Å²) in [5.41, 5.74) is 9.66. The Bertz CT molecular complexity index is 1220. The molecule has 1 aromatic carbocycles. The Hall–Kier alpha value is -2.69. The van der Waals surface area contributed by atoms with Crippen LogP contribution in [0.3, 0.4) is 0 Å². The van der Waals surface area contributed by atoms with Crippen LogP contribution in [0.25, 0.3) is 11.1 Å². The first kappa shape index (κ1) is 27.5. The van der Waals surface area contributed by atoms with E-state index in [1.807, 2.05) is 0 Å². The fourth-order valence-corrected chi connectivity index (χ4v) is 7.24. The Morgan fingerprint density at radius 2 is 1.77 bits per heavy atom. The molecule has 2 saturated heterocycles. The van der Waals surface area contributed by atoms with Gasteiger partial charge in [0.1, 0.15) is 5.82 Å². The van der Waals surface area contributed by atoms with E-state index in [1.54, 1.807) is 12.3 Å². The van der Waals surface area contributed by atoms with Crippen molar-refractivity contribution in [2.45, 2.75) is 74.7 Å². The summed E-state index contributed by atoms with van der Waals surface area (Å²) in [6.07, 6.45) is 2.89. The van der Waals surface area contributed by atoms with Crippen LogP contribution in [0.15, 0.2) is 36.5 Å². The third-order valence-corrected chi connectivity index (χ3v) is 9.64. The molecule has 4 aliphatic rings. The maximum atomic E-state index is 13.0. The van der Waals surface area contributed by atoms with Gasteiger partial charge in [-0.15, -0.1) is 0 Å². The fraction of sp³-hybridized carbons (Fsp3) is 0.600. The number of fused-ring (bicyclic) bond motifs is 1. The van der Waals surface area contributed by atoms with Gasteiger partial charge < -0.3 is 16.2 Å². The minimum Gasteiger partial charge on any atom is -0.393 e. The molecule has 216 valence electrons. The van der Waals surface area contributed by atoms with Crippen LogP contribution in [0.5, 0.6) is 0 Å². The van der Waals surface area contributed by atoms with E-state index >= 15 is 0 Å². The summed E-state index contributed by atoms with van der Waals surface area (Å²) in [4.78, 5) is 21.3. The number of piperidine rings is 2. The maximum Gasteiger partial charge on any atom is 0.401 e. The SMILES string of the molecule is Nc1ncc(-c2ccc(C34CC3CN(C3CCN(CC(F)(F)F)CC3)C4)cc2)cc1C(=O)NC1CCC(O)CC1. The highest BCUT2D eigenvalue weighted by atomic mass is 19.4. The first-order chi connectivity index (χ1) is 19.1. The number of alkyl halides is 3. The summed E-state index contributed by atoms with van der Waals surface area (Å²) in [5, 5.41) is 12.8. The van der Waals surface area contributed by atoms with Gasteiger partial charge in [-0.1, -0.05) is 24.3 Å². The van der Waals surface area contributed by atoms with Crippen molar-refractivity contribution in [1.82, 2.24) is 20.1 Å². The summed E-state index contributed by atoms with van der Waals surface area (Å²) in [6, 6.07) is 10.7. The van der Waals surface area contributed by atoms with E-state index in [2.05, 4.69) is 39.5 Å². The molecule has 0 spiro atoms. The molecule has 2 aliphatic carbocycles. The number of amides is 1. The van der Waals surface area contributed by atoms with Crippen molar-refractivity contribution in [3.8, 4) is 11.1 Å². The minimum atomic E-state index is -4.13. The van der Waals surface area contributed by atoms with Crippen LogP contribution in [0.2, 0.25) is 0 Å². The molecular formula is C30H38F3N5O2. The van der Waals surface area contributed by atoms with Crippen LogP contribution < -0.4 is 11.1 Å². The molecule has 3 heterocycles. The average molecular weight is 558 g/mol. The lowest BCUT2D eigenvalue weighted by atomic mass is 9.92. The zero-order valence-corrected chi connectivity index (χ0v) is 22.7. The zero-order valence-electron chi connectivity index (χ0n) is 22.7. The number of aromatic nitrogens is 1. The molecule has 2 atom stereocenters. The number of rotatable bonds is 6. The number of aliphatic hydroxyl groups excluding tert-OH is 1.